The van der Waals surface area contributed by atoms with E-state index in [4.69, 9.17) is 0 Å². The maximum atomic E-state index is 12.5. The Hall–Kier alpha value is -4.26. The fourth-order valence-corrected chi connectivity index (χ4v) is 4.65. The first-order valence-electron chi connectivity index (χ1n) is 10.9. The second-order valence-electron chi connectivity index (χ2n) is 8.07. The maximum Gasteiger partial charge on any atom is 0.329 e. The van der Waals surface area contributed by atoms with Gasteiger partial charge in [0.05, 0.1) is 23.1 Å². The zero-order valence-corrected chi connectivity index (χ0v) is 19.6. The van der Waals surface area contributed by atoms with Crippen LogP contribution in [0.1, 0.15) is 9.67 Å². The number of hydrogen-bond acceptors (Lipinski definition) is 8. The van der Waals surface area contributed by atoms with E-state index >= 15 is 0 Å². The Morgan fingerprint density at radius 2 is 1.91 bits per heavy atom. The normalized spacial score (nSPS) is 13.9. The summed E-state index contributed by atoms with van der Waals surface area (Å²) in [5.41, 5.74) is 0.0674. The van der Waals surface area contributed by atoms with Crippen molar-refractivity contribution in [2.24, 2.45) is 7.05 Å². The van der Waals surface area contributed by atoms with Gasteiger partial charge in [-0.15, -0.1) is 11.3 Å². The lowest BCUT2D eigenvalue weighted by atomic mass is 10.2. The van der Waals surface area contributed by atoms with Gasteiger partial charge in [-0.3, -0.25) is 23.9 Å². The zero-order chi connectivity index (χ0) is 24.5. The molecule has 0 unspecified atom stereocenters. The average molecular weight is 495 g/mol. The number of thiophene rings is 1. The number of nitrogens with zero attached hydrogens (tertiary/aromatic N) is 6. The van der Waals surface area contributed by atoms with Gasteiger partial charge in [0.25, 0.3) is 11.5 Å². The van der Waals surface area contributed by atoms with E-state index < -0.39 is 17.2 Å². The molecule has 0 atom stereocenters. The molecule has 1 fully saturated rings. The van der Waals surface area contributed by atoms with E-state index in [1.54, 1.807) is 12.3 Å². The van der Waals surface area contributed by atoms with Gasteiger partial charge in [-0.2, -0.15) is 0 Å². The van der Waals surface area contributed by atoms with Crippen LogP contribution in [0.3, 0.4) is 0 Å². The van der Waals surface area contributed by atoms with Crippen molar-refractivity contribution >= 4 is 45.8 Å². The number of nitrogens with one attached hydrogen (secondary N) is 2. The summed E-state index contributed by atoms with van der Waals surface area (Å²) in [4.78, 5) is 64.7. The molecule has 0 bridgehead atoms. The van der Waals surface area contributed by atoms with Crippen molar-refractivity contribution < 1.29 is 9.59 Å². The fraction of sp³-hybridized carbons (Fsp3) is 0.273. The highest BCUT2D eigenvalue weighted by Gasteiger charge is 2.23. The minimum atomic E-state index is -0.572. The van der Waals surface area contributed by atoms with E-state index in [0.717, 1.165) is 15.1 Å². The lowest BCUT2D eigenvalue weighted by Gasteiger charge is -2.35. The summed E-state index contributed by atoms with van der Waals surface area (Å²) in [6, 6.07) is 7.29. The van der Waals surface area contributed by atoms with Crippen molar-refractivity contribution in [2.45, 2.75) is 6.54 Å². The molecule has 35 heavy (non-hydrogen) atoms. The molecule has 0 aromatic carbocycles. The Morgan fingerprint density at radius 3 is 2.60 bits per heavy atom. The molecule has 180 valence electrons. The van der Waals surface area contributed by atoms with Gasteiger partial charge >= 0.3 is 5.69 Å². The molecule has 1 saturated heterocycles. The molecule has 1 aliphatic rings. The minimum absolute atomic E-state index is 0.0609. The number of imidazole rings is 1. The summed E-state index contributed by atoms with van der Waals surface area (Å²) < 4.78 is 2.31. The lowest BCUT2D eigenvalue weighted by Crippen LogP contribution is -2.48. The van der Waals surface area contributed by atoms with E-state index in [2.05, 4.69) is 25.2 Å². The molecule has 5 heterocycles. The van der Waals surface area contributed by atoms with Crippen LogP contribution in [0.25, 0.3) is 11.2 Å². The summed E-state index contributed by atoms with van der Waals surface area (Å²) in [5, 5.41) is 4.61. The first-order chi connectivity index (χ1) is 16.9. The third-order valence-electron chi connectivity index (χ3n) is 5.87. The molecule has 4 aromatic rings. The van der Waals surface area contributed by atoms with Crippen LogP contribution in [-0.4, -0.2) is 67.0 Å². The smallest absolute Gasteiger partial charge is 0.329 e. The standard InChI is InChI=1S/C22H22N8O4S/c1-27-21(33)18-19(26-22(27)34)24-13-30(18)12-17(31)25-16-5-4-14(11-23-16)28-6-8-29(9-7-28)20(32)15-3-2-10-35-15/h2-5,10-11,13H,6-9,12H2,1H3,(H,26,34)(H,23,25,31). The van der Waals surface area contributed by atoms with Gasteiger partial charge < -0.3 is 19.7 Å². The van der Waals surface area contributed by atoms with E-state index in [1.165, 1.54) is 29.3 Å². The number of aromatic amines is 1. The van der Waals surface area contributed by atoms with Crippen molar-refractivity contribution in [1.82, 2.24) is 29.0 Å². The topological polar surface area (TPSA) is 138 Å². The Balaban J connectivity index is 1.19. The Kier molecular flexibility index (Phi) is 5.91. The highest BCUT2D eigenvalue weighted by Crippen LogP contribution is 2.19. The van der Waals surface area contributed by atoms with Gasteiger partial charge in [-0.1, -0.05) is 6.07 Å². The number of pyridine rings is 1. The van der Waals surface area contributed by atoms with Crippen LogP contribution >= 0.6 is 11.3 Å². The van der Waals surface area contributed by atoms with Gasteiger partial charge in [0.2, 0.25) is 5.91 Å². The number of fused-ring (bicyclic) bond motifs is 1. The van der Waals surface area contributed by atoms with Gasteiger partial charge in [0.1, 0.15) is 12.4 Å². The van der Waals surface area contributed by atoms with E-state index in [9.17, 15) is 19.2 Å². The van der Waals surface area contributed by atoms with E-state index in [0.29, 0.717) is 32.0 Å². The fourth-order valence-electron chi connectivity index (χ4n) is 3.96. The predicted octanol–water partition coefficient (Wildman–Crippen LogP) is 0.481. The molecule has 2 amide bonds. The quantitative estimate of drug-likeness (QED) is 0.412. The number of carbonyl (C=O) groups excluding carboxylic acids is 2. The largest absolute Gasteiger partial charge is 0.367 e. The summed E-state index contributed by atoms with van der Waals surface area (Å²) in [6.45, 7) is 2.46. The molecule has 5 rings (SSSR count). The molecule has 4 aromatic heterocycles. The highest BCUT2D eigenvalue weighted by molar-refractivity contribution is 7.12. The number of anilines is 2. The van der Waals surface area contributed by atoms with E-state index in [1.807, 2.05) is 28.5 Å². The van der Waals surface area contributed by atoms with Crippen molar-refractivity contribution in [3.63, 3.8) is 0 Å². The molecule has 2 N–H and O–H groups in total. The molecular weight excluding hydrogens is 472 g/mol. The summed E-state index contributed by atoms with van der Waals surface area (Å²) in [5.74, 6) is 0.0419. The SMILES string of the molecule is Cn1c(=O)[nH]c2ncn(CC(=O)Nc3ccc(N4CCN(C(=O)c5cccs5)CC4)cn3)c2c1=O. The summed E-state index contributed by atoms with van der Waals surface area (Å²) in [6.07, 6.45) is 3.01. The number of piperazine rings is 1. The van der Waals surface area contributed by atoms with Crippen molar-refractivity contribution in [2.75, 3.05) is 36.4 Å². The summed E-state index contributed by atoms with van der Waals surface area (Å²) in [7, 11) is 1.35. The number of aromatic nitrogens is 5. The second-order valence-corrected chi connectivity index (χ2v) is 9.02. The number of H-pyrrole nitrogens is 1. The summed E-state index contributed by atoms with van der Waals surface area (Å²) >= 11 is 1.45. The van der Waals surface area contributed by atoms with Crippen LogP contribution in [0.15, 0.2) is 51.8 Å². The predicted molar refractivity (Wildman–Crippen MR) is 131 cm³/mol. The van der Waals surface area contributed by atoms with Gasteiger partial charge in [-0.05, 0) is 23.6 Å². The zero-order valence-electron chi connectivity index (χ0n) is 18.8. The van der Waals surface area contributed by atoms with Gasteiger partial charge in [0.15, 0.2) is 11.2 Å². The third-order valence-corrected chi connectivity index (χ3v) is 6.73. The van der Waals surface area contributed by atoms with Gasteiger partial charge in [-0.25, -0.2) is 14.8 Å². The molecule has 0 aliphatic carbocycles. The molecule has 0 radical (unpaired) electrons. The number of carbonyl (C=O) groups is 2. The maximum absolute atomic E-state index is 12.5. The number of amides is 2. The molecular formula is C22H22N8O4S. The third kappa shape index (κ3) is 4.45. The van der Waals surface area contributed by atoms with Gasteiger partial charge in [0, 0.05) is 33.2 Å². The Labute approximate surface area is 202 Å². The van der Waals surface area contributed by atoms with Crippen LogP contribution in [0.2, 0.25) is 0 Å². The Morgan fingerprint density at radius 1 is 1.11 bits per heavy atom. The molecule has 1 aliphatic heterocycles. The highest BCUT2D eigenvalue weighted by atomic mass is 32.1. The van der Waals surface area contributed by atoms with Crippen molar-refractivity contribution in [1.29, 1.82) is 0 Å². The van der Waals surface area contributed by atoms with Crippen LogP contribution in [0.4, 0.5) is 11.5 Å². The monoisotopic (exact) mass is 494 g/mol. The van der Waals surface area contributed by atoms with Crippen molar-refractivity contribution in [3.8, 4) is 0 Å². The number of hydrogen-bond donors (Lipinski definition) is 2. The molecule has 12 nitrogen and oxygen atoms in total. The first-order valence-corrected chi connectivity index (χ1v) is 11.8. The number of rotatable bonds is 5. The van der Waals surface area contributed by atoms with Crippen LogP contribution < -0.4 is 21.5 Å². The first kappa shape index (κ1) is 22.5. The van der Waals surface area contributed by atoms with Crippen LogP contribution in [0, 0.1) is 0 Å². The molecule has 13 heteroatoms. The molecule has 0 spiro atoms. The second kappa shape index (κ2) is 9.18. The van der Waals surface area contributed by atoms with Crippen LogP contribution in [-0.2, 0) is 18.4 Å². The average Bonchev–Trinajstić information content (AvgIpc) is 3.53. The Bertz CT molecular complexity index is 1500. The van der Waals surface area contributed by atoms with E-state index in [-0.39, 0.29) is 23.6 Å². The van der Waals surface area contributed by atoms with Crippen LogP contribution in [0.5, 0.6) is 0 Å². The lowest BCUT2D eigenvalue weighted by molar-refractivity contribution is -0.116. The minimum Gasteiger partial charge on any atom is -0.367 e. The van der Waals surface area contributed by atoms with Crippen molar-refractivity contribution in [3.05, 3.63) is 67.9 Å². The molecule has 0 saturated carbocycles.